The van der Waals surface area contributed by atoms with Gasteiger partial charge in [-0.15, -0.1) is 0 Å². The van der Waals surface area contributed by atoms with Crippen molar-refractivity contribution < 1.29 is 28.6 Å². The summed E-state index contributed by atoms with van der Waals surface area (Å²) in [5, 5.41) is 0. The van der Waals surface area contributed by atoms with Crippen LogP contribution in [-0.2, 0) is 28.6 Å². The van der Waals surface area contributed by atoms with E-state index in [-0.39, 0.29) is 31.1 Å². The minimum atomic E-state index is -0.787. The van der Waals surface area contributed by atoms with Crippen LogP contribution in [0.25, 0.3) is 0 Å². The summed E-state index contributed by atoms with van der Waals surface area (Å²) in [6.45, 7) is 6.55. The maximum Gasteiger partial charge on any atom is 0.306 e. The molecule has 0 amide bonds. The van der Waals surface area contributed by atoms with Gasteiger partial charge < -0.3 is 14.2 Å². The van der Waals surface area contributed by atoms with Gasteiger partial charge >= 0.3 is 17.9 Å². The fraction of sp³-hybridized carbons (Fsp3) is 0.836. The monoisotopic (exact) mass is 1020 g/mol. The SMILES string of the molecule is CC/C=C\C/C=C\C/C=C\C/C=C\CCCCC(=O)OC[C@H](COC(=O)CCCCCCCCCCCCCCCCCCCCC)OC(=O)CCCCCCCCCCCCCCCCCCCCCCC. The molecule has 426 valence electrons. The van der Waals surface area contributed by atoms with E-state index in [9.17, 15) is 14.4 Å². The zero-order valence-corrected chi connectivity index (χ0v) is 48.9. The summed E-state index contributed by atoms with van der Waals surface area (Å²) in [5.74, 6) is -0.901. The minimum absolute atomic E-state index is 0.0812. The molecule has 0 unspecified atom stereocenters. The van der Waals surface area contributed by atoms with Crippen molar-refractivity contribution in [2.75, 3.05) is 13.2 Å². The van der Waals surface area contributed by atoms with Crippen molar-refractivity contribution >= 4 is 17.9 Å². The van der Waals surface area contributed by atoms with Crippen molar-refractivity contribution in [2.45, 2.75) is 348 Å². The topological polar surface area (TPSA) is 78.9 Å². The molecule has 0 saturated heterocycles. The number of rotatable bonds is 59. The van der Waals surface area contributed by atoms with Crippen LogP contribution in [0.5, 0.6) is 0 Å². The zero-order valence-electron chi connectivity index (χ0n) is 48.9. The van der Waals surface area contributed by atoms with Gasteiger partial charge in [0.25, 0.3) is 0 Å². The molecule has 0 aromatic heterocycles. The Balaban J connectivity index is 4.34. The van der Waals surface area contributed by atoms with E-state index in [1.54, 1.807) is 0 Å². The number of esters is 3. The average Bonchev–Trinajstić information content (AvgIpc) is 3.39. The Labute approximate surface area is 454 Å². The molecule has 6 heteroatoms. The zero-order chi connectivity index (χ0) is 52.9. The Morgan fingerprint density at radius 2 is 0.534 bits per heavy atom. The molecule has 0 aliphatic carbocycles. The fourth-order valence-corrected chi connectivity index (χ4v) is 9.56. The number of hydrogen-bond donors (Lipinski definition) is 0. The van der Waals surface area contributed by atoms with Gasteiger partial charge in [-0.1, -0.05) is 313 Å². The highest BCUT2D eigenvalue weighted by atomic mass is 16.6. The normalized spacial score (nSPS) is 12.3. The van der Waals surface area contributed by atoms with Crippen molar-refractivity contribution in [3.63, 3.8) is 0 Å². The number of carbonyl (C=O) groups is 3. The van der Waals surface area contributed by atoms with E-state index >= 15 is 0 Å². The molecule has 0 rings (SSSR count). The molecule has 0 fully saturated rings. The highest BCUT2D eigenvalue weighted by Gasteiger charge is 2.19. The lowest BCUT2D eigenvalue weighted by molar-refractivity contribution is -0.167. The lowest BCUT2D eigenvalue weighted by Gasteiger charge is -2.18. The molecule has 0 bridgehead atoms. The second-order valence-corrected chi connectivity index (χ2v) is 21.7. The van der Waals surface area contributed by atoms with Crippen molar-refractivity contribution in [1.29, 1.82) is 0 Å². The first kappa shape index (κ1) is 70.4. The summed E-state index contributed by atoms with van der Waals surface area (Å²) >= 11 is 0. The highest BCUT2D eigenvalue weighted by Crippen LogP contribution is 2.18. The highest BCUT2D eigenvalue weighted by molar-refractivity contribution is 5.71. The summed E-state index contributed by atoms with van der Waals surface area (Å²) < 4.78 is 16.9. The Morgan fingerprint density at radius 1 is 0.288 bits per heavy atom. The Hall–Kier alpha value is -2.63. The van der Waals surface area contributed by atoms with Gasteiger partial charge in [-0.3, -0.25) is 14.4 Å². The number of unbranched alkanes of at least 4 members (excludes halogenated alkanes) is 40. The minimum Gasteiger partial charge on any atom is -0.462 e. The van der Waals surface area contributed by atoms with Crippen LogP contribution in [0.15, 0.2) is 48.6 Å². The van der Waals surface area contributed by atoms with Gasteiger partial charge in [-0.2, -0.15) is 0 Å². The van der Waals surface area contributed by atoms with Crippen molar-refractivity contribution in [1.82, 2.24) is 0 Å². The van der Waals surface area contributed by atoms with Crippen LogP contribution in [0.2, 0.25) is 0 Å². The molecule has 0 spiro atoms. The van der Waals surface area contributed by atoms with Gasteiger partial charge in [0.2, 0.25) is 0 Å². The van der Waals surface area contributed by atoms with Gasteiger partial charge in [0.1, 0.15) is 13.2 Å². The van der Waals surface area contributed by atoms with Crippen LogP contribution in [0, 0.1) is 0 Å². The van der Waals surface area contributed by atoms with Crippen LogP contribution in [0.3, 0.4) is 0 Å². The largest absolute Gasteiger partial charge is 0.462 e. The lowest BCUT2D eigenvalue weighted by Crippen LogP contribution is -2.30. The van der Waals surface area contributed by atoms with E-state index in [4.69, 9.17) is 14.2 Å². The van der Waals surface area contributed by atoms with E-state index in [1.807, 2.05) is 0 Å². The number of carbonyl (C=O) groups excluding carboxylic acids is 3. The predicted octanol–water partition coefficient (Wildman–Crippen LogP) is 21.8. The standard InChI is InChI=1S/C67H122O6/c1-4-7-10-13-16-19-22-25-28-30-32-33-35-37-40-43-46-49-52-55-58-61-67(70)73-64(62-71-65(68)59-56-53-50-47-44-41-38-27-24-21-18-15-12-9-6-3)63-72-66(69)60-57-54-51-48-45-42-39-36-34-31-29-26-23-20-17-14-11-8-5-2/h9,12,18,21,27,38,44,47,64H,4-8,10-11,13-17,19-20,22-26,28-37,39-43,45-46,48-63H2,1-3H3/b12-9-,21-18-,38-27-,47-44-/t64-/m1/s1. The summed E-state index contributed by atoms with van der Waals surface area (Å²) in [6.07, 6.45) is 77.0. The van der Waals surface area contributed by atoms with Gasteiger partial charge in [0, 0.05) is 19.3 Å². The molecular weight excluding hydrogens is 901 g/mol. The van der Waals surface area contributed by atoms with E-state index in [1.165, 1.54) is 218 Å². The van der Waals surface area contributed by atoms with E-state index in [2.05, 4.69) is 69.4 Å². The average molecular weight is 1020 g/mol. The second-order valence-electron chi connectivity index (χ2n) is 21.7. The van der Waals surface area contributed by atoms with Crippen LogP contribution in [0.4, 0.5) is 0 Å². The van der Waals surface area contributed by atoms with Crippen molar-refractivity contribution in [3.05, 3.63) is 48.6 Å². The summed E-state index contributed by atoms with van der Waals surface area (Å²) in [5.41, 5.74) is 0. The molecular formula is C67H122O6. The van der Waals surface area contributed by atoms with Gasteiger partial charge in [0.05, 0.1) is 0 Å². The predicted molar refractivity (Wildman–Crippen MR) is 316 cm³/mol. The smallest absolute Gasteiger partial charge is 0.306 e. The van der Waals surface area contributed by atoms with Crippen molar-refractivity contribution in [2.24, 2.45) is 0 Å². The molecule has 0 aliphatic heterocycles. The molecule has 0 aromatic rings. The number of ether oxygens (including phenoxy) is 3. The first-order chi connectivity index (χ1) is 36.0. The van der Waals surface area contributed by atoms with E-state index < -0.39 is 6.10 Å². The molecule has 6 nitrogen and oxygen atoms in total. The fourth-order valence-electron chi connectivity index (χ4n) is 9.56. The second kappa shape index (κ2) is 61.9. The molecule has 0 heterocycles. The number of hydrogen-bond acceptors (Lipinski definition) is 6. The van der Waals surface area contributed by atoms with E-state index in [0.717, 1.165) is 83.5 Å². The Bertz CT molecular complexity index is 1270. The van der Waals surface area contributed by atoms with Crippen LogP contribution >= 0.6 is 0 Å². The third-order valence-electron chi connectivity index (χ3n) is 14.3. The molecule has 73 heavy (non-hydrogen) atoms. The first-order valence-electron chi connectivity index (χ1n) is 32.1. The summed E-state index contributed by atoms with van der Waals surface area (Å²) in [7, 11) is 0. The van der Waals surface area contributed by atoms with Crippen molar-refractivity contribution in [3.8, 4) is 0 Å². The Morgan fingerprint density at radius 3 is 0.836 bits per heavy atom. The van der Waals surface area contributed by atoms with E-state index in [0.29, 0.717) is 19.3 Å². The van der Waals surface area contributed by atoms with Gasteiger partial charge in [-0.05, 0) is 57.8 Å². The summed E-state index contributed by atoms with van der Waals surface area (Å²) in [6, 6.07) is 0. The maximum atomic E-state index is 12.9. The molecule has 0 N–H and O–H groups in total. The molecule has 0 saturated carbocycles. The summed E-state index contributed by atoms with van der Waals surface area (Å²) in [4.78, 5) is 38.3. The third kappa shape index (κ3) is 60.1. The Kier molecular flexibility index (Phi) is 59.7. The molecule has 1 atom stereocenters. The maximum absolute atomic E-state index is 12.9. The van der Waals surface area contributed by atoms with Crippen LogP contribution < -0.4 is 0 Å². The molecule has 0 radical (unpaired) electrons. The molecule has 0 aliphatic rings. The quantitative estimate of drug-likeness (QED) is 0.0261. The van der Waals surface area contributed by atoms with Gasteiger partial charge in [0.15, 0.2) is 6.10 Å². The van der Waals surface area contributed by atoms with Gasteiger partial charge in [-0.25, -0.2) is 0 Å². The van der Waals surface area contributed by atoms with Crippen LogP contribution in [-0.4, -0.2) is 37.2 Å². The van der Waals surface area contributed by atoms with Crippen LogP contribution in [0.1, 0.15) is 342 Å². The lowest BCUT2D eigenvalue weighted by atomic mass is 10.0. The molecule has 0 aromatic carbocycles. The number of allylic oxidation sites excluding steroid dienone is 8. The third-order valence-corrected chi connectivity index (χ3v) is 14.3. The first-order valence-corrected chi connectivity index (χ1v) is 32.1.